The van der Waals surface area contributed by atoms with Crippen LogP contribution in [-0.2, 0) is 14.6 Å². The van der Waals surface area contributed by atoms with Crippen molar-refractivity contribution < 1.29 is 32.3 Å². The van der Waals surface area contributed by atoms with Crippen molar-refractivity contribution in [2.75, 3.05) is 16.9 Å². The minimum absolute atomic E-state index is 0.0127. The van der Waals surface area contributed by atoms with Crippen LogP contribution in [0.15, 0.2) is 59.8 Å². The molecule has 2 heterocycles. The van der Waals surface area contributed by atoms with Crippen LogP contribution in [0.4, 0.5) is 16.3 Å². The number of carbonyl (C=O) groups excluding carboxylic acids is 3. The number of alkyl carbamates (subject to hydrolysis) is 1. The normalized spacial score (nSPS) is 16.8. The summed E-state index contributed by atoms with van der Waals surface area (Å²) >= 11 is 5.86. The number of carbonyl (C=O) groups is 3. The summed E-state index contributed by atoms with van der Waals surface area (Å²) in [6.07, 6.45) is 5.34. The van der Waals surface area contributed by atoms with Gasteiger partial charge in [0.15, 0.2) is 15.5 Å². The van der Waals surface area contributed by atoms with Crippen molar-refractivity contribution in [2.24, 2.45) is 0 Å². The maximum atomic E-state index is 13.5. The minimum Gasteiger partial charge on any atom is -0.490 e. The minimum atomic E-state index is -3.61. The molecule has 12 nitrogen and oxygen atoms in total. The van der Waals surface area contributed by atoms with Crippen LogP contribution in [0.25, 0.3) is 0 Å². The van der Waals surface area contributed by atoms with Gasteiger partial charge in [0.2, 0.25) is 0 Å². The fourth-order valence-corrected chi connectivity index (χ4v) is 5.25. The zero-order valence-corrected chi connectivity index (χ0v) is 26.3. The van der Waals surface area contributed by atoms with Crippen LogP contribution in [-0.4, -0.2) is 60.3 Å². The molecule has 1 aliphatic rings. The first-order valence-corrected chi connectivity index (χ1v) is 16.1. The summed E-state index contributed by atoms with van der Waals surface area (Å²) in [5.74, 6) is -0.928. The number of rotatable bonds is 8. The van der Waals surface area contributed by atoms with Crippen LogP contribution in [0.2, 0.25) is 5.02 Å². The van der Waals surface area contributed by atoms with Gasteiger partial charge in [-0.3, -0.25) is 9.59 Å². The summed E-state index contributed by atoms with van der Waals surface area (Å²) in [5, 5.41) is 8.57. The summed E-state index contributed by atoms with van der Waals surface area (Å²) in [5.41, 5.74) is -0.485. The monoisotopic (exact) mass is 643 g/mol. The van der Waals surface area contributed by atoms with Gasteiger partial charge in [-0.2, -0.15) is 0 Å². The van der Waals surface area contributed by atoms with E-state index in [1.54, 1.807) is 32.9 Å². The predicted octanol–water partition coefficient (Wildman–Crippen LogP) is 5.25. The molecule has 3 aromatic rings. The molecule has 0 bridgehead atoms. The molecule has 2 aromatic heterocycles. The highest BCUT2D eigenvalue weighted by Gasteiger charge is 2.28. The first kappa shape index (κ1) is 32.7. The lowest BCUT2D eigenvalue weighted by Gasteiger charge is -2.30. The second-order valence-corrected chi connectivity index (χ2v) is 13.8. The van der Waals surface area contributed by atoms with E-state index in [-0.39, 0.29) is 45.6 Å². The molecule has 3 amide bonds. The molecule has 0 unspecified atom stereocenters. The Morgan fingerprint density at radius 1 is 0.955 bits per heavy atom. The Hall–Kier alpha value is -4.23. The molecule has 0 spiro atoms. The number of halogens is 1. The average Bonchev–Trinajstić information content (AvgIpc) is 2.94. The largest absolute Gasteiger partial charge is 0.490 e. The maximum Gasteiger partial charge on any atom is 0.407 e. The van der Waals surface area contributed by atoms with Gasteiger partial charge in [0, 0.05) is 24.7 Å². The highest BCUT2D eigenvalue weighted by atomic mass is 35.5. The highest BCUT2D eigenvalue weighted by Crippen LogP contribution is 2.30. The lowest BCUT2D eigenvalue weighted by Crippen LogP contribution is -2.42. The van der Waals surface area contributed by atoms with Crippen molar-refractivity contribution in [1.82, 2.24) is 15.3 Å². The van der Waals surface area contributed by atoms with Crippen LogP contribution in [0.3, 0.4) is 0 Å². The summed E-state index contributed by atoms with van der Waals surface area (Å²) in [4.78, 5) is 46.8. The average molecular weight is 644 g/mol. The van der Waals surface area contributed by atoms with Gasteiger partial charge in [0.25, 0.3) is 11.8 Å². The molecule has 0 aliphatic heterocycles. The van der Waals surface area contributed by atoms with Gasteiger partial charge in [0.1, 0.15) is 17.2 Å². The van der Waals surface area contributed by atoms with Crippen molar-refractivity contribution in [3.05, 3.63) is 71.1 Å². The van der Waals surface area contributed by atoms with Crippen LogP contribution >= 0.6 is 11.6 Å². The van der Waals surface area contributed by atoms with E-state index < -0.39 is 33.3 Å². The van der Waals surface area contributed by atoms with E-state index >= 15 is 0 Å². The topological polar surface area (TPSA) is 166 Å². The Balaban J connectivity index is 1.49. The molecule has 4 rings (SSSR count). The van der Waals surface area contributed by atoms with Crippen molar-refractivity contribution in [3.8, 4) is 5.75 Å². The Morgan fingerprint density at radius 3 is 2.32 bits per heavy atom. The number of aromatic nitrogens is 2. The number of ether oxygens (including phenoxy) is 2. The smallest absolute Gasteiger partial charge is 0.407 e. The first-order valence-electron chi connectivity index (χ1n) is 13.9. The van der Waals surface area contributed by atoms with Gasteiger partial charge in [-0.25, -0.2) is 23.2 Å². The Morgan fingerprint density at radius 2 is 1.68 bits per heavy atom. The van der Waals surface area contributed by atoms with Gasteiger partial charge in [0.05, 0.1) is 27.3 Å². The molecule has 3 N–H and O–H groups in total. The Bertz CT molecular complexity index is 1630. The lowest BCUT2D eigenvalue weighted by atomic mass is 9.93. The van der Waals surface area contributed by atoms with Gasteiger partial charge in [-0.1, -0.05) is 11.6 Å². The van der Waals surface area contributed by atoms with E-state index in [4.69, 9.17) is 21.1 Å². The van der Waals surface area contributed by atoms with Crippen LogP contribution in [0.5, 0.6) is 5.75 Å². The van der Waals surface area contributed by atoms with Crippen LogP contribution < -0.4 is 20.7 Å². The molecule has 14 heteroatoms. The fourth-order valence-electron chi connectivity index (χ4n) is 4.50. The molecular formula is C30H34ClN5O7S. The number of nitrogens with one attached hydrogen (secondary N) is 3. The SMILES string of the molecule is CC(C)(C)OC(=O)N[C@H]1CC[C@@H](Oc2cc(S(C)(=O)=O)ccc2C(=O)Nc2cccnc2C(=O)Nc2ccc(Cl)cn2)CC1. The molecule has 44 heavy (non-hydrogen) atoms. The Kier molecular flexibility index (Phi) is 10.1. The van der Waals surface area contributed by atoms with E-state index in [9.17, 15) is 22.8 Å². The number of hydrogen-bond acceptors (Lipinski definition) is 9. The quantitative estimate of drug-likeness (QED) is 0.297. The van der Waals surface area contributed by atoms with Crippen molar-refractivity contribution in [1.29, 1.82) is 0 Å². The summed E-state index contributed by atoms with van der Waals surface area (Å²) < 4.78 is 36.2. The number of amides is 3. The van der Waals surface area contributed by atoms with Crippen molar-refractivity contribution in [3.63, 3.8) is 0 Å². The molecule has 1 saturated carbocycles. The van der Waals surface area contributed by atoms with Gasteiger partial charge < -0.3 is 25.4 Å². The third kappa shape index (κ3) is 9.13. The third-order valence-corrected chi connectivity index (χ3v) is 7.89. The maximum absolute atomic E-state index is 13.5. The fraction of sp³-hybridized carbons (Fsp3) is 0.367. The summed E-state index contributed by atoms with van der Waals surface area (Å²) in [7, 11) is -3.61. The van der Waals surface area contributed by atoms with Gasteiger partial charge in [-0.05, 0) is 88.9 Å². The van der Waals surface area contributed by atoms with E-state index in [0.717, 1.165) is 6.26 Å². The van der Waals surface area contributed by atoms with E-state index in [1.165, 1.54) is 42.7 Å². The number of anilines is 2. The number of sulfone groups is 1. The molecule has 1 aromatic carbocycles. The molecular weight excluding hydrogens is 610 g/mol. The van der Waals surface area contributed by atoms with Crippen LogP contribution in [0, 0.1) is 0 Å². The van der Waals surface area contributed by atoms with E-state index in [0.29, 0.717) is 30.7 Å². The lowest BCUT2D eigenvalue weighted by molar-refractivity contribution is 0.0469. The third-order valence-electron chi connectivity index (χ3n) is 6.55. The number of nitrogens with zero attached hydrogens (tertiary/aromatic N) is 2. The standard InChI is InChI=1S/C30H34ClN5O7S/c1-30(2,3)43-29(39)34-19-8-10-20(11-9-19)42-24-16-21(44(4,40)41)12-13-22(24)27(37)35-23-6-5-15-32-26(23)28(38)36-25-14-7-18(31)17-33-25/h5-7,12-17,19-20H,8-11H2,1-4H3,(H,34,39)(H,35,37)(H,33,36,38)/t19-,20+. The van der Waals surface area contributed by atoms with Crippen molar-refractivity contribution >= 4 is 50.9 Å². The first-order chi connectivity index (χ1) is 20.7. The predicted molar refractivity (Wildman–Crippen MR) is 165 cm³/mol. The second-order valence-electron chi connectivity index (χ2n) is 11.3. The van der Waals surface area contributed by atoms with Crippen LogP contribution in [0.1, 0.15) is 67.3 Å². The number of pyridine rings is 2. The molecule has 0 atom stereocenters. The second kappa shape index (κ2) is 13.6. The highest BCUT2D eigenvalue weighted by molar-refractivity contribution is 7.90. The number of benzene rings is 1. The van der Waals surface area contributed by atoms with Crippen molar-refractivity contribution in [2.45, 2.75) is 69.1 Å². The summed E-state index contributed by atoms with van der Waals surface area (Å²) in [6.45, 7) is 5.37. The molecule has 1 aliphatic carbocycles. The zero-order chi connectivity index (χ0) is 32.1. The van der Waals surface area contributed by atoms with E-state index in [1.807, 2.05) is 0 Å². The van der Waals surface area contributed by atoms with Gasteiger partial charge >= 0.3 is 6.09 Å². The van der Waals surface area contributed by atoms with Gasteiger partial charge in [-0.15, -0.1) is 0 Å². The molecule has 1 fully saturated rings. The zero-order valence-electron chi connectivity index (χ0n) is 24.7. The Labute approximate surface area is 260 Å². The summed E-state index contributed by atoms with van der Waals surface area (Å²) in [6, 6.07) is 10.1. The molecule has 0 radical (unpaired) electrons. The molecule has 0 saturated heterocycles. The number of hydrogen-bond donors (Lipinski definition) is 3. The van der Waals surface area contributed by atoms with E-state index in [2.05, 4.69) is 25.9 Å². The molecule has 234 valence electrons.